The average Bonchev–Trinajstić information content (AvgIpc) is 3.47. The molecule has 7 nitrogen and oxygen atoms in total. The highest BCUT2D eigenvalue weighted by Crippen LogP contribution is 2.32. The van der Waals surface area contributed by atoms with Crippen molar-refractivity contribution in [2.45, 2.75) is 17.1 Å². The van der Waals surface area contributed by atoms with Crippen molar-refractivity contribution in [1.29, 1.82) is 0 Å². The SMILES string of the molecule is COC(=O)c1ccc(CSc2nc3c([nH]c4ccccc43)c(=O)n2-c2cccc(C(F)(F)F)c2)o1. The van der Waals surface area contributed by atoms with E-state index < -0.39 is 23.3 Å². The minimum absolute atomic E-state index is 0.0124. The van der Waals surface area contributed by atoms with Crippen LogP contribution < -0.4 is 5.56 Å². The molecule has 35 heavy (non-hydrogen) atoms. The second-order valence-electron chi connectivity index (χ2n) is 7.52. The summed E-state index contributed by atoms with van der Waals surface area (Å²) >= 11 is 1.09. The summed E-state index contributed by atoms with van der Waals surface area (Å²) < 4.78 is 51.4. The van der Waals surface area contributed by atoms with Gasteiger partial charge in [-0.3, -0.25) is 9.36 Å². The normalized spacial score (nSPS) is 11.9. The smallest absolute Gasteiger partial charge is 0.416 e. The zero-order valence-electron chi connectivity index (χ0n) is 18.1. The highest BCUT2D eigenvalue weighted by Gasteiger charge is 2.31. The highest BCUT2D eigenvalue weighted by molar-refractivity contribution is 7.98. The lowest BCUT2D eigenvalue weighted by Gasteiger charge is -2.14. The van der Waals surface area contributed by atoms with Gasteiger partial charge in [0.05, 0.1) is 24.1 Å². The van der Waals surface area contributed by atoms with E-state index in [4.69, 9.17) is 4.42 Å². The number of esters is 1. The number of carbonyl (C=O) groups is 1. The summed E-state index contributed by atoms with van der Waals surface area (Å²) in [5, 5.41) is 0.881. The van der Waals surface area contributed by atoms with Crippen molar-refractivity contribution in [2.24, 2.45) is 0 Å². The van der Waals surface area contributed by atoms with Crippen LogP contribution in [0.15, 0.2) is 75.0 Å². The molecule has 0 aliphatic heterocycles. The van der Waals surface area contributed by atoms with Gasteiger partial charge in [0.25, 0.3) is 5.56 Å². The first-order valence-electron chi connectivity index (χ1n) is 10.3. The second kappa shape index (κ2) is 8.66. The predicted octanol–water partition coefficient (Wildman–Crippen LogP) is 5.56. The van der Waals surface area contributed by atoms with Crippen molar-refractivity contribution in [3.8, 4) is 5.69 Å². The van der Waals surface area contributed by atoms with Crippen molar-refractivity contribution < 1.29 is 27.1 Å². The van der Waals surface area contributed by atoms with Gasteiger partial charge in [-0.15, -0.1) is 0 Å². The van der Waals surface area contributed by atoms with Crippen LogP contribution in [0.1, 0.15) is 21.9 Å². The molecule has 0 amide bonds. The van der Waals surface area contributed by atoms with Gasteiger partial charge < -0.3 is 14.1 Å². The fourth-order valence-corrected chi connectivity index (χ4v) is 4.59. The van der Waals surface area contributed by atoms with Crippen LogP contribution >= 0.6 is 11.8 Å². The number of thioether (sulfide) groups is 1. The number of rotatable bonds is 5. The topological polar surface area (TPSA) is 90.1 Å². The van der Waals surface area contributed by atoms with Crippen molar-refractivity contribution in [2.75, 3.05) is 7.11 Å². The summed E-state index contributed by atoms with van der Waals surface area (Å²) in [6.07, 6.45) is -4.58. The van der Waals surface area contributed by atoms with E-state index in [1.165, 1.54) is 25.3 Å². The fraction of sp³-hybridized carbons (Fsp3) is 0.125. The number of alkyl halides is 3. The highest BCUT2D eigenvalue weighted by atomic mass is 32.2. The quantitative estimate of drug-likeness (QED) is 0.194. The van der Waals surface area contributed by atoms with Gasteiger partial charge in [-0.2, -0.15) is 13.2 Å². The number of halogens is 3. The van der Waals surface area contributed by atoms with Crippen molar-refractivity contribution in [3.05, 3.63) is 88.1 Å². The number of benzene rings is 2. The third kappa shape index (κ3) is 4.18. The third-order valence-corrected chi connectivity index (χ3v) is 6.28. The molecule has 0 atom stereocenters. The number of carbonyl (C=O) groups excluding carboxylic acids is 1. The number of fused-ring (bicyclic) bond motifs is 3. The van der Waals surface area contributed by atoms with Crippen LogP contribution in [0.3, 0.4) is 0 Å². The van der Waals surface area contributed by atoms with Crippen LogP contribution in [0.25, 0.3) is 27.6 Å². The maximum Gasteiger partial charge on any atom is 0.416 e. The Kier molecular flexibility index (Phi) is 5.64. The number of aromatic amines is 1. The van der Waals surface area contributed by atoms with E-state index in [1.54, 1.807) is 30.3 Å². The first kappa shape index (κ1) is 22.8. The largest absolute Gasteiger partial charge is 0.463 e. The number of furan rings is 1. The molecule has 0 aliphatic carbocycles. The standard InChI is InChI=1S/C24H16F3N3O4S/c1-33-22(32)18-10-9-15(34-18)12-35-23-29-19-16-7-2-3-8-17(16)28-20(19)21(31)30(23)14-6-4-5-13(11-14)24(25,26)27/h2-11,28H,12H2,1H3. The summed E-state index contributed by atoms with van der Waals surface area (Å²) in [6.45, 7) is 0. The first-order valence-corrected chi connectivity index (χ1v) is 11.3. The number of para-hydroxylation sites is 1. The van der Waals surface area contributed by atoms with Gasteiger partial charge in [0.15, 0.2) is 5.16 Å². The lowest BCUT2D eigenvalue weighted by molar-refractivity contribution is -0.137. The average molecular weight is 499 g/mol. The summed E-state index contributed by atoms with van der Waals surface area (Å²) in [5.41, 5.74) is -0.135. The number of methoxy groups -OCH3 is 1. The van der Waals surface area contributed by atoms with E-state index in [0.29, 0.717) is 22.2 Å². The van der Waals surface area contributed by atoms with Crippen molar-refractivity contribution >= 4 is 39.7 Å². The van der Waals surface area contributed by atoms with Crippen LogP contribution in [0.2, 0.25) is 0 Å². The Morgan fingerprint density at radius 3 is 2.71 bits per heavy atom. The van der Waals surface area contributed by atoms with E-state index in [2.05, 4.69) is 14.7 Å². The van der Waals surface area contributed by atoms with Crippen LogP contribution in [0.5, 0.6) is 0 Å². The molecule has 2 aromatic carbocycles. The first-order chi connectivity index (χ1) is 16.8. The maximum absolute atomic E-state index is 13.5. The lowest BCUT2D eigenvalue weighted by Crippen LogP contribution is -2.22. The number of hydrogen-bond acceptors (Lipinski definition) is 6. The molecule has 5 aromatic rings. The Morgan fingerprint density at radius 2 is 1.94 bits per heavy atom. The molecule has 0 saturated carbocycles. The molecule has 0 unspecified atom stereocenters. The second-order valence-corrected chi connectivity index (χ2v) is 8.47. The van der Waals surface area contributed by atoms with E-state index in [-0.39, 0.29) is 27.9 Å². The molecule has 5 rings (SSSR count). The summed E-state index contributed by atoms with van der Waals surface area (Å²) in [4.78, 5) is 32.9. The zero-order chi connectivity index (χ0) is 24.7. The van der Waals surface area contributed by atoms with Crippen LogP contribution in [0, 0.1) is 0 Å². The van der Waals surface area contributed by atoms with Gasteiger partial charge in [0, 0.05) is 10.9 Å². The number of ether oxygens (including phenoxy) is 1. The Labute approximate surface area is 199 Å². The molecule has 178 valence electrons. The molecule has 11 heteroatoms. The van der Waals surface area contributed by atoms with E-state index in [1.807, 2.05) is 0 Å². The summed E-state index contributed by atoms with van der Waals surface area (Å²) in [6, 6.07) is 14.7. The maximum atomic E-state index is 13.5. The molecule has 0 radical (unpaired) electrons. The van der Waals surface area contributed by atoms with Crippen LogP contribution in [-0.2, 0) is 16.7 Å². The Balaban J connectivity index is 1.66. The van der Waals surface area contributed by atoms with Gasteiger partial charge in [-0.1, -0.05) is 36.0 Å². The van der Waals surface area contributed by atoms with E-state index >= 15 is 0 Å². The molecular formula is C24H16F3N3O4S. The number of aromatic nitrogens is 3. The molecule has 0 aliphatic rings. The Morgan fingerprint density at radius 1 is 1.14 bits per heavy atom. The minimum Gasteiger partial charge on any atom is -0.463 e. The van der Waals surface area contributed by atoms with Gasteiger partial charge in [0.2, 0.25) is 5.76 Å². The van der Waals surface area contributed by atoms with Gasteiger partial charge >= 0.3 is 12.1 Å². The zero-order valence-corrected chi connectivity index (χ0v) is 18.9. The molecule has 0 spiro atoms. The van der Waals surface area contributed by atoms with Crippen molar-refractivity contribution in [1.82, 2.24) is 14.5 Å². The van der Waals surface area contributed by atoms with E-state index in [0.717, 1.165) is 28.5 Å². The molecule has 1 N–H and O–H groups in total. The fourth-order valence-electron chi connectivity index (χ4n) is 3.69. The Hall–Kier alpha value is -3.99. The number of nitrogens with zero attached hydrogens (tertiary/aromatic N) is 2. The van der Waals surface area contributed by atoms with Crippen molar-refractivity contribution in [3.63, 3.8) is 0 Å². The molecule has 3 heterocycles. The monoisotopic (exact) mass is 499 g/mol. The number of nitrogens with one attached hydrogen (secondary N) is 1. The molecule has 0 fully saturated rings. The number of hydrogen-bond donors (Lipinski definition) is 1. The van der Waals surface area contributed by atoms with Gasteiger partial charge in [-0.25, -0.2) is 9.78 Å². The molecule has 0 bridgehead atoms. The molecule has 3 aromatic heterocycles. The summed E-state index contributed by atoms with van der Waals surface area (Å²) in [5.74, 6) is -0.0610. The number of H-pyrrole nitrogens is 1. The van der Waals surface area contributed by atoms with E-state index in [9.17, 15) is 22.8 Å². The summed E-state index contributed by atoms with van der Waals surface area (Å²) in [7, 11) is 1.23. The Bertz CT molecular complexity index is 1630. The minimum atomic E-state index is -4.58. The van der Waals surface area contributed by atoms with Crippen LogP contribution in [0.4, 0.5) is 13.2 Å². The molecular weight excluding hydrogens is 483 g/mol. The van der Waals surface area contributed by atoms with Crippen LogP contribution in [-0.4, -0.2) is 27.6 Å². The third-order valence-electron chi connectivity index (χ3n) is 5.32. The van der Waals surface area contributed by atoms with Gasteiger partial charge in [-0.05, 0) is 36.4 Å². The lowest BCUT2D eigenvalue weighted by atomic mass is 10.2. The predicted molar refractivity (Wildman–Crippen MR) is 124 cm³/mol. The van der Waals surface area contributed by atoms with Gasteiger partial charge in [0.1, 0.15) is 16.8 Å². The molecule has 0 saturated heterocycles.